The zero-order valence-corrected chi connectivity index (χ0v) is 19.9. The monoisotopic (exact) mass is 483 g/mol. The Balaban J connectivity index is 1.34. The van der Waals surface area contributed by atoms with Gasteiger partial charge in [0.2, 0.25) is 11.9 Å². The van der Waals surface area contributed by atoms with Crippen molar-refractivity contribution in [2.45, 2.75) is 27.1 Å². The summed E-state index contributed by atoms with van der Waals surface area (Å²) in [6.45, 7) is 2.02. The molecule has 2 aromatic heterocycles. The van der Waals surface area contributed by atoms with Crippen LogP contribution in [0.5, 0.6) is 5.75 Å². The van der Waals surface area contributed by atoms with E-state index in [0.717, 1.165) is 31.4 Å². The first-order valence-electron chi connectivity index (χ1n) is 9.64. The Bertz CT molecular complexity index is 1180. The first kappa shape index (κ1) is 22.3. The van der Waals surface area contributed by atoms with Crippen LogP contribution in [0.15, 0.2) is 57.2 Å². The van der Waals surface area contributed by atoms with Gasteiger partial charge in [-0.2, -0.15) is 15.0 Å². The van der Waals surface area contributed by atoms with Gasteiger partial charge in [-0.15, -0.1) is 10.2 Å². The van der Waals surface area contributed by atoms with Crippen LogP contribution >= 0.6 is 34.9 Å². The fourth-order valence-corrected chi connectivity index (χ4v) is 5.53. The molecule has 4 rings (SSSR count). The molecule has 164 valence electrons. The summed E-state index contributed by atoms with van der Waals surface area (Å²) in [6, 6.07) is 15.9. The van der Waals surface area contributed by atoms with Gasteiger partial charge in [0.05, 0.1) is 12.9 Å². The topological polar surface area (TPSA) is 112 Å². The smallest absolute Gasteiger partial charge is 0.232 e. The SMILES string of the molecule is COc1ccc(CSc2nnc(SCc3nc(N)nc(Nc4ccccc4C)n3)s2)cc1. The standard InChI is InChI=1S/C21H21N7OS3/c1-13-5-3-4-6-16(13)23-19-25-17(24-18(22)26-19)12-31-21-28-27-20(32-21)30-11-14-7-9-15(29-2)10-8-14/h3-10H,11-12H2,1-2H3,(H3,22,23,24,25,26). The van der Waals surface area contributed by atoms with Gasteiger partial charge in [-0.05, 0) is 36.2 Å². The van der Waals surface area contributed by atoms with Crippen LogP contribution in [0, 0.1) is 6.92 Å². The Kier molecular flexibility index (Phi) is 7.40. The molecule has 0 fully saturated rings. The minimum Gasteiger partial charge on any atom is -0.497 e. The van der Waals surface area contributed by atoms with E-state index in [2.05, 4.69) is 42.6 Å². The van der Waals surface area contributed by atoms with E-state index in [-0.39, 0.29) is 5.95 Å². The molecule has 4 aromatic rings. The van der Waals surface area contributed by atoms with Crippen molar-refractivity contribution in [3.8, 4) is 5.75 Å². The molecule has 0 atom stereocenters. The van der Waals surface area contributed by atoms with Gasteiger partial charge in [-0.25, -0.2) is 0 Å². The summed E-state index contributed by atoms with van der Waals surface area (Å²) < 4.78 is 6.97. The molecule has 0 aliphatic rings. The Labute approximate surface area is 198 Å². The van der Waals surface area contributed by atoms with Gasteiger partial charge in [0, 0.05) is 11.4 Å². The second kappa shape index (κ2) is 10.6. The Morgan fingerprint density at radius 2 is 1.66 bits per heavy atom. The van der Waals surface area contributed by atoms with Gasteiger partial charge in [-0.3, -0.25) is 0 Å². The summed E-state index contributed by atoms with van der Waals surface area (Å²) in [7, 11) is 1.66. The fourth-order valence-electron chi connectivity index (χ4n) is 2.70. The van der Waals surface area contributed by atoms with E-state index in [1.165, 1.54) is 17.3 Å². The van der Waals surface area contributed by atoms with Crippen LogP contribution in [-0.4, -0.2) is 32.3 Å². The lowest BCUT2D eigenvalue weighted by atomic mass is 10.2. The highest BCUT2D eigenvalue weighted by molar-refractivity contribution is 8.02. The number of ether oxygens (including phenoxy) is 1. The van der Waals surface area contributed by atoms with Crippen molar-refractivity contribution in [2.75, 3.05) is 18.2 Å². The van der Waals surface area contributed by atoms with Crippen molar-refractivity contribution in [3.05, 3.63) is 65.5 Å². The van der Waals surface area contributed by atoms with Gasteiger partial charge in [0.25, 0.3) is 0 Å². The summed E-state index contributed by atoms with van der Waals surface area (Å²) in [5.74, 6) is 3.38. The van der Waals surface area contributed by atoms with E-state index < -0.39 is 0 Å². The minimum absolute atomic E-state index is 0.180. The van der Waals surface area contributed by atoms with Crippen molar-refractivity contribution in [3.63, 3.8) is 0 Å². The quantitative estimate of drug-likeness (QED) is 0.317. The molecule has 0 radical (unpaired) electrons. The van der Waals surface area contributed by atoms with Crippen molar-refractivity contribution in [2.24, 2.45) is 0 Å². The zero-order valence-electron chi connectivity index (χ0n) is 17.5. The number of rotatable bonds is 9. The normalized spacial score (nSPS) is 10.8. The number of benzene rings is 2. The van der Waals surface area contributed by atoms with Crippen LogP contribution in [0.25, 0.3) is 0 Å². The van der Waals surface area contributed by atoms with E-state index in [1.54, 1.807) is 30.2 Å². The van der Waals surface area contributed by atoms with Crippen LogP contribution in [0.1, 0.15) is 17.0 Å². The predicted molar refractivity (Wildman–Crippen MR) is 131 cm³/mol. The first-order chi connectivity index (χ1) is 15.6. The lowest BCUT2D eigenvalue weighted by Gasteiger charge is -2.09. The molecule has 11 heteroatoms. The number of nitrogen functional groups attached to an aromatic ring is 1. The van der Waals surface area contributed by atoms with E-state index in [9.17, 15) is 0 Å². The number of para-hydroxylation sites is 1. The predicted octanol–water partition coefficient (Wildman–Crippen LogP) is 4.95. The number of hydrogen-bond donors (Lipinski definition) is 2. The molecular weight excluding hydrogens is 462 g/mol. The van der Waals surface area contributed by atoms with Crippen molar-refractivity contribution in [1.82, 2.24) is 25.1 Å². The summed E-state index contributed by atoms with van der Waals surface area (Å²) >= 11 is 4.74. The molecular formula is C21H21N7OS3. The molecule has 0 amide bonds. The van der Waals surface area contributed by atoms with Gasteiger partial charge in [0.15, 0.2) is 8.68 Å². The molecule has 0 spiro atoms. The maximum absolute atomic E-state index is 5.89. The molecule has 0 aliphatic carbocycles. The number of hydrogen-bond acceptors (Lipinski definition) is 11. The molecule has 0 unspecified atom stereocenters. The molecule has 3 N–H and O–H groups in total. The van der Waals surface area contributed by atoms with E-state index in [1.807, 2.05) is 43.3 Å². The largest absolute Gasteiger partial charge is 0.497 e. The van der Waals surface area contributed by atoms with Gasteiger partial charge >= 0.3 is 0 Å². The molecule has 0 bridgehead atoms. The molecule has 32 heavy (non-hydrogen) atoms. The Morgan fingerprint density at radius 1 is 0.938 bits per heavy atom. The zero-order chi connectivity index (χ0) is 22.3. The van der Waals surface area contributed by atoms with Crippen LogP contribution in [-0.2, 0) is 11.5 Å². The molecule has 8 nitrogen and oxygen atoms in total. The number of nitrogens with zero attached hydrogens (tertiary/aromatic N) is 5. The Hall–Kier alpha value is -2.89. The number of thioether (sulfide) groups is 2. The van der Waals surface area contributed by atoms with Crippen LogP contribution in [0.2, 0.25) is 0 Å². The first-order valence-corrected chi connectivity index (χ1v) is 12.4. The highest BCUT2D eigenvalue weighted by Gasteiger charge is 2.10. The highest BCUT2D eigenvalue weighted by atomic mass is 32.2. The maximum Gasteiger partial charge on any atom is 0.232 e. The minimum atomic E-state index is 0.180. The number of aryl methyl sites for hydroxylation is 1. The van der Waals surface area contributed by atoms with Gasteiger partial charge in [0.1, 0.15) is 11.6 Å². The number of nitrogens with two attached hydrogens (primary N) is 1. The summed E-state index contributed by atoms with van der Waals surface area (Å²) in [5.41, 5.74) is 9.12. The second-order valence-electron chi connectivity index (χ2n) is 6.63. The summed E-state index contributed by atoms with van der Waals surface area (Å²) in [6.07, 6.45) is 0. The lowest BCUT2D eigenvalue weighted by Crippen LogP contribution is -2.07. The average Bonchev–Trinajstić information content (AvgIpc) is 3.26. The van der Waals surface area contributed by atoms with Crippen LogP contribution in [0.3, 0.4) is 0 Å². The second-order valence-corrected chi connectivity index (χ2v) is 10.1. The van der Waals surface area contributed by atoms with E-state index in [4.69, 9.17) is 10.5 Å². The average molecular weight is 484 g/mol. The van der Waals surface area contributed by atoms with Crippen LogP contribution < -0.4 is 15.8 Å². The molecule has 0 saturated carbocycles. The third-order valence-electron chi connectivity index (χ3n) is 4.32. The number of anilines is 3. The Morgan fingerprint density at radius 3 is 2.38 bits per heavy atom. The molecule has 2 heterocycles. The van der Waals surface area contributed by atoms with Crippen molar-refractivity contribution < 1.29 is 4.74 Å². The summed E-state index contributed by atoms with van der Waals surface area (Å²) in [4.78, 5) is 12.9. The van der Waals surface area contributed by atoms with E-state index in [0.29, 0.717) is 17.5 Å². The summed E-state index contributed by atoms with van der Waals surface area (Å²) in [5, 5.41) is 11.7. The van der Waals surface area contributed by atoms with Gasteiger partial charge < -0.3 is 15.8 Å². The third-order valence-corrected chi connectivity index (χ3v) is 7.58. The number of nitrogens with one attached hydrogen (secondary N) is 1. The van der Waals surface area contributed by atoms with Crippen molar-refractivity contribution >= 4 is 52.4 Å². The fraction of sp³-hybridized carbons (Fsp3) is 0.190. The molecule has 0 saturated heterocycles. The number of methoxy groups -OCH3 is 1. The highest BCUT2D eigenvalue weighted by Crippen LogP contribution is 2.32. The lowest BCUT2D eigenvalue weighted by molar-refractivity contribution is 0.414. The van der Waals surface area contributed by atoms with Crippen LogP contribution in [0.4, 0.5) is 17.6 Å². The van der Waals surface area contributed by atoms with Gasteiger partial charge in [-0.1, -0.05) is 65.2 Å². The molecule has 2 aromatic carbocycles. The van der Waals surface area contributed by atoms with Crippen molar-refractivity contribution in [1.29, 1.82) is 0 Å². The van der Waals surface area contributed by atoms with E-state index >= 15 is 0 Å². The third kappa shape index (κ3) is 6.09. The molecule has 0 aliphatic heterocycles. The number of aromatic nitrogens is 5. The maximum atomic E-state index is 5.89.